The van der Waals surface area contributed by atoms with Gasteiger partial charge >= 0.3 is 0 Å². The van der Waals surface area contributed by atoms with Crippen molar-refractivity contribution in [3.8, 4) is 11.4 Å². The average molecular weight is 424 g/mol. The first-order valence-corrected chi connectivity index (χ1v) is 9.94. The van der Waals surface area contributed by atoms with Gasteiger partial charge in [0.1, 0.15) is 12.1 Å². The molecule has 0 spiro atoms. The minimum Gasteiger partial charge on any atom is -0.323 e. The number of benzene rings is 2. The third-order valence-electron chi connectivity index (χ3n) is 4.25. The molecule has 0 aliphatic rings. The number of nitrogens with zero attached hydrogens (tertiary/aromatic N) is 7. The zero-order valence-electron chi connectivity index (χ0n) is 16.2. The number of tetrazole rings is 1. The Morgan fingerprint density at radius 3 is 2.60 bits per heavy atom. The normalized spacial score (nSPS) is 10.9. The highest BCUT2D eigenvalue weighted by molar-refractivity contribution is 7.99. The molecule has 0 aliphatic heterocycles. The second-order valence-corrected chi connectivity index (χ2v) is 7.40. The number of hydrogen-bond acceptors (Lipinski definition) is 7. The number of hydrogen-bond donors (Lipinski definition) is 1. The molecular formula is C19H17FN8OS. The van der Waals surface area contributed by atoms with Gasteiger partial charge in [-0.3, -0.25) is 9.36 Å². The van der Waals surface area contributed by atoms with E-state index in [1.807, 2.05) is 31.2 Å². The molecule has 1 amide bonds. The fourth-order valence-corrected chi connectivity index (χ4v) is 3.46. The third kappa shape index (κ3) is 4.20. The molecule has 30 heavy (non-hydrogen) atoms. The van der Waals surface area contributed by atoms with Crippen LogP contribution in [0.3, 0.4) is 0 Å². The van der Waals surface area contributed by atoms with Crippen LogP contribution in [-0.2, 0) is 4.79 Å². The van der Waals surface area contributed by atoms with Gasteiger partial charge in [-0.05, 0) is 54.6 Å². The molecule has 0 bridgehead atoms. The third-order valence-corrected chi connectivity index (χ3v) is 5.20. The lowest BCUT2D eigenvalue weighted by molar-refractivity contribution is -0.113. The van der Waals surface area contributed by atoms with Gasteiger partial charge in [-0.1, -0.05) is 29.5 Å². The summed E-state index contributed by atoms with van der Waals surface area (Å²) in [6, 6.07) is 12.1. The van der Waals surface area contributed by atoms with E-state index >= 15 is 0 Å². The van der Waals surface area contributed by atoms with Crippen molar-refractivity contribution in [3.05, 3.63) is 66.0 Å². The van der Waals surface area contributed by atoms with Crippen LogP contribution < -0.4 is 5.32 Å². The quantitative estimate of drug-likeness (QED) is 0.475. The van der Waals surface area contributed by atoms with Crippen LogP contribution in [0, 0.1) is 19.7 Å². The Kier molecular flexibility index (Phi) is 5.53. The predicted molar refractivity (Wildman–Crippen MR) is 109 cm³/mol. The number of carbonyl (C=O) groups is 1. The average Bonchev–Trinajstić information content (AvgIpc) is 3.38. The first-order chi connectivity index (χ1) is 14.5. The van der Waals surface area contributed by atoms with Gasteiger partial charge in [-0.15, -0.1) is 15.3 Å². The number of rotatable bonds is 6. The van der Waals surface area contributed by atoms with Gasteiger partial charge in [0.25, 0.3) is 0 Å². The lowest BCUT2D eigenvalue weighted by Crippen LogP contribution is -2.16. The van der Waals surface area contributed by atoms with Crippen LogP contribution in [0.1, 0.15) is 11.4 Å². The predicted octanol–water partition coefficient (Wildman–Crippen LogP) is 2.73. The molecule has 9 nitrogen and oxygen atoms in total. The lowest BCUT2D eigenvalue weighted by Gasteiger charge is -2.09. The van der Waals surface area contributed by atoms with Crippen molar-refractivity contribution >= 4 is 23.4 Å². The molecule has 0 saturated heterocycles. The largest absolute Gasteiger partial charge is 0.323 e. The fraction of sp³-hybridized carbons (Fsp3) is 0.158. The number of aryl methyl sites for hydroxylation is 2. The first-order valence-electron chi connectivity index (χ1n) is 8.96. The highest BCUT2D eigenvalue weighted by Gasteiger charge is 2.13. The van der Waals surface area contributed by atoms with E-state index in [-0.39, 0.29) is 17.3 Å². The molecule has 0 saturated carbocycles. The highest BCUT2D eigenvalue weighted by Crippen LogP contribution is 2.22. The lowest BCUT2D eigenvalue weighted by atomic mass is 10.2. The van der Waals surface area contributed by atoms with Gasteiger partial charge in [0.15, 0.2) is 11.0 Å². The number of halogens is 1. The monoisotopic (exact) mass is 424 g/mol. The van der Waals surface area contributed by atoms with Gasteiger partial charge in [0.2, 0.25) is 5.91 Å². The Labute approximate surface area is 175 Å². The Balaban J connectivity index is 1.45. The van der Waals surface area contributed by atoms with Crippen LogP contribution in [0.2, 0.25) is 0 Å². The summed E-state index contributed by atoms with van der Waals surface area (Å²) >= 11 is 1.21. The van der Waals surface area contributed by atoms with Crippen molar-refractivity contribution < 1.29 is 9.18 Å². The molecule has 0 unspecified atom stereocenters. The summed E-state index contributed by atoms with van der Waals surface area (Å²) in [4.78, 5) is 12.4. The molecule has 2 aromatic carbocycles. The molecule has 4 rings (SSSR count). The molecule has 0 radical (unpaired) electrons. The van der Waals surface area contributed by atoms with Crippen LogP contribution >= 0.6 is 11.8 Å². The number of anilines is 1. The zero-order valence-corrected chi connectivity index (χ0v) is 17.0. The highest BCUT2D eigenvalue weighted by atomic mass is 32.2. The number of aromatic nitrogens is 7. The van der Waals surface area contributed by atoms with Crippen molar-refractivity contribution in [2.45, 2.75) is 19.0 Å². The van der Waals surface area contributed by atoms with Gasteiger partial charge in [-0.25, -0.2) is 4.39 Å². The molecule has 0 fully saturated rings. The second kappa shape index (κ2) is 8.41. The van der Waals surface area contributed by atoms with E-state index < -0.39 is 5.82 Å². The minimum absolute atomic E-state index is 0.0398. The van der Waals surface area contributed by atoms with Crippen molar-refractivity contribution in [2.24, 2.45) is 0 Å². The van der Waals surface area contributed by atoms with Crippen molar-refractivity contribution in [1.82, 2.24) is 35.0 Å². The Bertz CT molecular complexity index is 1190. The van der Waals surface area contributed by atoms with Crippen LogP contribution in [0.4, 0.5) is 10.1 Å². The van der Waals surface area contributed by atoms with Gasteiger partial charge in [-0.2, -0.15) is 4.68 Å². The maximum Gasteiger partial charge on any atom is 0.234 e. The maximum atomic E-state index is 14.2. The standard InChI is InChI=1S/C19H17FN8OS/c1-12-3-5-14(6-4-12)27-11-21-24-19(27)30-10-18(29)22-17-9-15(7-8-16(17)20)28-13(2)23-25-26-28/h3-9,11H,10H2,1-2H3,(H,22,29). The van der Waals surface area contributed by atoms with E-state index in [1.54, 1.807) is 17.8 Å². The van der Waals surface area contributed by atoms with Crippen molar-refractivity contribution in [1.29, 1.82) is 0 Å². The molecule has 2 aromatic heterocycles. The number of nitrogens with one attached hydrogen (secondary N) is 1. The van der Waals surface area contributed by atoms with Gasteiger partial charge < -0.3 is 5.32 Å². The van der Waals surface area contributed by atoms with E-state index in [4.69, 9.17) is 0 Å². The summed E-state index contributed by atoms with van der Waals surface area (Å²) in [6.07, 6.45) is 1.59. The molecule has 4 aromatic rings. The summed E-state index contributed by atoms with van der Waals surface area (Å²) in [6.45, 7) is 3.73. The minimum atomic E-state index is -0.550. The number of thioether (sulfide) groups is 1. The number of carbonyl (C=O) groups excluding carboxylic acids is 1. The van der Waals surface area contributed by atoms with Crippen LogP contribution in [0.25, 0.3) is 11.4 Å². The number of amides is 1. The topological polar surface area (TPSA) is 103 Å². The van der Waals surface area contributed by atoms with E-state index in [2.05, 4.69) is 31.0 Å². The van der Waals surface area contributed by atoms with Gasteiger partial charge in [0.05, 0.1) is 17.1 Å². The summed E-state index contributed by atoms with van der Waals surface area (Å²) in [5.41, 5.74) is 2.62. The fourth-order valence-electron chi connectivity index (χ4n) is 2.73. The molecule has 2 heterocycles. The smallest absolute Gasteiger partial charge is 0.234 e. The van der Waals surface area contributed by atoms with E-state index in [0.29, 0.717) is 16.7 Å². The summed E-state index contributed by atoms with van der Waals surface area (Å²) in [7, 11) is 0. The molecule has 152 valence electrons. The second-order valence-electron chi connectivity index (χ2n) is 6.46. The molecule has 1 N–H and O–H groups in total. The molecule has 0 atom stereocenters. The summed E-state index contributed by atoms with van der Waals surface area (Å²) in [5, 5.41) is 22.4. The van der Waals surface area contributed by atoms with Gasteiger partial charge in [0, 0.05) is 5.69 Å². The Morgan fingerprint density at radius 2 is 1.87 bits per heavy atom. The van der Waals surface area contributed by atoms with Crippen molar-refractivity contribution in [3.63, 3.8) is 0 Å². The SMILES string of the molecule is Cc1ccc(-n2cnnc2SCC(=O)Nc2cc(-n3nnnc3C)ccc2F)cc1. The van der Waals surface area contributed by atoms with Crippen LogP contribution in [0.5, 0.6) is 0 Å². The molecular weight excluding hydrogens is 407 g/mol. The Hall–Kier alpha value is -3.60. The van der Waals surface area contributed by atoms with Crippen LogP contribution in [0.15, 0.2) is 53.9 Å². The summed E-state index contributed by atoms with van der Waals surface area (Å²) < 4.78 is 17.4. The van der Waals surface area contributed by atoms with Crippen molar-refractivity contribution in [2.75, 3.05) is 11.1 Å². The maximum absolute atomic E-state index is 14.2. The summed E-state index contributed by atoms with van der Waals surface area (Å²) in [5.74, 6) is -0.337. The van der Waals surface area contributed by atoms with E-state index in [1.165, 1.54) is 34.6 Å². The first kappa shape index (κ1) is 19.7. The molecule has 0 aliphatic carbocycles. The van der Waals surface area contributed by atoms with E-state index in [0.717, 1.165) is 11.3 Å². The molecule has 11 heteroatoms. The van der Waals surface area contributed by atoms with E-state index in [9.17, 15) is 9.18 Å². The zero-order chi connectivity index (χ0) is 21.1. The Morgan fingerprint density at radius 1 is 1.10 bits per heavy atom. The van der Waals surface area contributed by atoms with Crippen LogP contribution in [-0.4, -0.2) is 46.6 Å².